The van der Waals surface area contributed by atoms with Crippen molar-refractivity contribution in [2.75, 3.05) is 38.0 Å². The molecule has 2 amide bonds. The van der Waals surface area contributed by atoms with Crippen molar-refractivity contribution in [2.45, 2.75) is 13.3 Å². The Morgan fingerprint density at radius 2 is 1.77 bits per heavy atom. The second kappa shape index (κ2) is 9.14. The van der Waals surface area contributed by atoms with Gasteiger partial charge in [-0.05, 0) is 30.7 Å². The molecule has 3 aromatic rings. The van der Waals surface area contributed by atoms with E-state index in [0.717, 1.165) is 16.5 Å². The van der Waals surface area contributed by atoms with E-state index < -0.39 is 0 Å². The normalized spacial score (nSPS) is 14.5. The van der Waals surface area contributed by atoms with Gasteiger partial charge in [0.1, 0.15) is 0 Å². The summed E-state index contributed by atoms with van der Waals surface area (Å²) in [5.74, 6) is -0.0568. The van der Waals surface area contributed by atoms with Crippen molar-refractivity contribution in [1.29, 1.82) is 0 Å². The number of ketones is 1. The highest BCUT2D eigenvalue weighted by atomic mass is 16.2. The molecule has 0 aliphatic carbocycles. The number of fused-ring (bicyclic) bond motifs is 1. The molecule has 7 nitrogen and oxygen atoms in total. The Hall–Kier alpha value is -3.45. The first kappa shape index (κ1) is 20.8. The number of nitrogens with one attached hydrogen (secondary N) is 2. The second-order valence-corrected chi connectivity index (χ2v) is 7.88. The number of aromatic amines is 1. The molecule has 160 valence electrons. The fourth-order valence-electron chi connectivity index (χ4n) is 3.93. The van der Waals surface area contributed by atoms with Crippen LogP contribution in [0.3, 0.4) is 0 Å². The Kier molecular flexibility index (Phi) is 6.13. The SMILES string of the molecule is CC(=O)c1cccc(NC(=O)CN2CCN(C(=O)Cc3c[nH]c4ccccc34)CC2)c1. The molecule has 1 aromatic heterocycles. The zero-order valence-corrected chi connectivity index (χ0v) is 17.6. The average Bonchev–Trinajstić information content (AvgIpc) is 3.17. The first-order chi connectivity index (χ1) is 15.0. The van der Waals surface area contributed by atoms with Crippen LogP contribution in [0.5, 0.6) is 0 Å². The van der Waals surface area contributed by atoms with E-state index in [4.69, 9.17) is 0 Å². The lowest BCUT2D eigenvalue weighted by Crippen LogP contribution is -2.50. The summed E-state index contributed by atoms with van der Waals surface area (Å²) in [4.78, 5) is 43.8. The van der Waals surface area contributed by atoms with Crippen molar-refractivity contribution < 1.29 is 14.4 Å². The Morgan fingerprint density at radius 1 is 1.00 bits per heavy atom. The van der Waals surface area contributed by atoms with Crippen LogP contribution in [0.4, 0.5) is 5.69 Å². The fraction of sp³-hybridized carbons (Fsp3) is 0.292. The van der Waals surface area contributed by atoms with Crippen LogP contribution in [-0.2, 0) is 16.0 Å². The molecule has 2 N–H and O–H groups in total. The van der Waals surface area contributed by atoms with Crippen molar-refractivity contribution in [3.8, 4) is 0 Å². The number of benzene rings is 2. The number of Topliss-reactive ketones (excluding diaryl/α,β-unsaturated/α-hetero) is 1. The number of nitrogens with zero attached hydrogens (tertiary/aromatic N) is 2. The van der Waals surface area contributed by atoms with E-state index in [1.807, 2.05) is 40.3 Å². The molecule has 2 heterocycles. The summed E-state index contributed by atoms with van der Waals surface area (Å²) in [6.07, 6.45) is 2.28. The highest BCUT2D eigenvalue weighted by Crippen LogP contribution is 2.19. The number of para-hydroxylation sites is 1. The van der Waals surface area contributed by atoms with Crippen LogP contribution < -0.4 is 5.32 Å². The molecule has 0 radical (unpaired) electrons. The third-order valence-corrected chi connectivity index (χ3v) is 5.66. The molecule has 0 bridgehead atoms. The van der Waals surface area contributed by atoms with Crippen molar-refractivity contribution >= 4 is 34.2 Å². The van der Waals surface area contributed by atoms with Crippen molar-refractivity contribution in [2.24, 2.45) is 0 Å². The van der Waals surface area contributed by atoms with E-state index in [-0.39, 0.29) is 24.1 Å². The van der Waals surface area contributed by atoms with Crippen LogP contribution in [0.25, 0.3) is 10.9 Å². The number of amides is 2. The lowest BCUT2D eigenvalue weighted by atomic mass is 10.1. The molecule has 0 saturated carbocycles. The van der Waals surface area contributed by atoms with Gasteiger partial charge in [0.25, 0.3) is 0 Å². The Bertz CT molecular complexity index is 1110. The van der Waals surface area contributed by atoms with Crippen molar-refractivity contribution in [3.05, 3.63) is 65.9 Å². The van der Waals surface area contributed by atoms with Gasteiger partial charge in [0.15, 0.2) is 5.78 Å². The molecule has 1 aliphatic rings. The number of carbonyl (C=O) groups is 3. The summed E-state index contributed by atoms with van der Waals surface area (Å²) in [6, 6.07) is 14.9. The molecule has 1 saturated heterocycles. The van der Waals surface area contributed by atoms with Gasteiger partial charge < -0.3 is 15.2 Å². The topological polar surface area (TPSA) is 85.5 Å². The Labute approximate surface area is 181 Å². The number of piperazine rings is 1. The van der Waals surface area contributed by atoms with Crippen LogP contribution in [0, 0.1) is 0 Å². The van der Waals surface area contributed by atoms with Gasteiger partial charge in [0, 0.05) is 54.5 Å². The molecule has 2 aromatic carbocycles. The summed E-state index contributed by atoms with van der Waals surface area (Å²) in [5.41, 5.74) is 3.23. The Morgan fingerprint density at radius 3 is 2.55 bits per heavy atom. The summed E-state index contributed by atoms with van der Waals surface area (Å²) < 4.78 is 0. The number of carbonyl (C=O) groups excluding carboxylic acids is 3. The van der Waals surface area contributed by atoms with Crippen LogP contribution in [0.1, 0.15) is 22.8 Å². The van der Waals surface area contributed by atoms with Crippen LogP contribution in [-0.4, -0.2) is 65.1 Å². The quantitative estimate of drug-likeness (QED) is 0.603. The van der Waals surface area contributed by atoms with E-state index in [2.05, 4.69) is 10.3 Å². The standard InChI is InChI=1S/C24H26N4O3/c1-17(29)18-5-4-6-20(13-18)26-23(30)16-27-9-11-28(12-10-27)24(31)14-19-15-25-22-8-3-2-7-21(19)22/h2-8,13,15,25H,9-12,14,16H2,1H3,(H,26,30). The first-order valence-corrected chi connectivity index (χ1v) is 10.5. The summed E-state index contributed by atoms with van der Waals surface area (Å²) >= 11 is 0. The minimum Gasteiger partial charge on any atom is -0.361 e. The Balaban J connectivity index is 1.26. The molecule has 1 aliphatic heterocycles. The number of anilines is 1. The second-order valence-electron chi connectivity index (χ2n) is 7.88. The number of rotatable bonds is 6. The third-order valence-electron chi connectivity index (χ3n) is 5.66. The van der Waals surface area contributed by atoms with Gasteiger partial charge in [-0.3, -0.25) is 19.3 Å². The third kappa shape index (κ3) is 5.00. The van der Waals surface area contributed by atoms with Gasteiger partial charge in [-0.25, -0.2) is 0 Å². The van der Waals surface area contributed by atoms with Gasteiger partial charge in [-0.1, -0.05) is 30.3 Å². The molecule has 0 spiro atoms. The fourth-order valence-corrected chi connectivity index (χ4v) is 3.93. The smallest absolute Gasteiger partial charge is 0.238 e. The van der Waals surface area contributed by atoms with Crippen LogP contribution in [0.15, 0.2) is 54.7 Å². The molecule has 4 rings (SSSR count). The zero-order valence-electron chi connectivity index (χ0n) is 17.6. The van der Waals surface area contributed by atoms with E-state index in [0.29, 0.717) is 43.9 Å². The maximum atomic E-state index is 12.8. The number of hydrogen-bond acceptors (Lipinski definition) is 4. The first-order valence-electron chi connectivity index (χ1n) is 10.5. The minimum atomic E-state index is -0.126. The van der Waals surface area contributed by atoms with Gasteiger partial charge in [-0.2, -0.15) is 0 Å². The monoisotopic (exact) mass is 418 g/mol. The number of hydrogen-bond donors (Lipinski definition) is 2. The van der Waals surface area contributed by atoms with E-state index in [1.165, 1.54) is 6.92 Å². The zero-order chi connectivity index (χ0) is 21.8. The average molecular weight is 418 g/mol. The van der Waals surface area contributed by atoms with Gasteiger partial charge in [-0.15, -0.1) is 0 Å². The van der Waals surface area contributed by atoms with Crippen molar-refractivity contribution in [3.63, 3.8) is 0 Å². The minimum absolute atomic E-state index is 0.0375. The van der Waals surface area contributed by atoms with Crippen LogP contribution >= 0.6 is 0 Å². The van der Waals surface area contributed by atoms with E-state index in [1.54, 1.807) is 24.3 Å². The molecule has 0 atom stereocenters. The van der Waals surface area contributed by atoms with Gasteiger partial charge >= 0.3 is 0 Å². The predicted octanol–water partition coefficient (Wildman–Crippen LogP) is 2.70. The largest absolute Gasteiger partial charge is 0.361 e. The maximum Gasteiger partial charge on any atom is 0.238 e. The highest BCUT2D eigenvalue weighted by molar-refractivity contribution is 5.97. The predicted molar refractivity (Wildman–Crippen MR) is 120 cm³/mol. The summed E-state index contributed by atoms with van der Waals surface area (Å²) in [5, 5.41) is 3.93. The molecular formula is C24H26N4O3. The molecule has 31 heavy (non-hydrogen) atoms. The highest BCUT2D eigenvalue weighted by Gasteiger charge is 2.23. The summed E-state index contributed by atoms with van der Waals surface area (Å²) in [7, 11) is 0. The lowest BCUT2D eigenvalue weighted by molar-refractivity contribution is -0.132. The number of H-pyrrole nitrogens is 1. The lowest BCUT2D eigenvalue weighted by Gasteiger charge is -2.34. The van der Waals surface area contributed by atoms with Gasteiger partial charge in [0.2, 0.25) is 11.8 Å². The number of aromatic nitrogens is 1. The molecule has 0 unspecified atom stereocenters. The molecule has 1 fully saturated rings. The maximum absolute atomic E-state index is 12.8. The molecule has 7 heteroatoms. The molecular weight excluding hydrogens is 392 g/mol. The van der Waals surface area contributed by atoms with Crippen LogP contribution in [0.2, 0.25) is 0 Å². The van der Waals surface area contributed by atoms with E-state index in [9.17, 15) is 14.4 Å². The van der Waals surface area contributed by atoms with Crippen molar-refractivity contribution in [1.82, 2.24) is 14.8 Å². The van der Waals surface area contributed by atoms with E-state index >= 15 is 0 Å². The van der Waals surface area contributed by atoms with Gasteiger partial charge in [0.05, 0.1) is 13.0 Å². The summed E-state index contributed by atoms with van der Waals surface area (Å²) in [6.45, 7) is 4.28.